The molecule has 1 atom stereocenters. The lowest BCUT2D eigenvalue weighted by atomic mass is 10.0. The van der Waals surface area contributed by atoms with Crippen molar-refractivity contribution in [2.24, 2.45) is 0 Å². The quantitative estimate of drug-likeness (QED) is 0.913. The number of nitrogens with one attached hydrogen (secondary N) is 1. The van der Waals surface area contributed by atoms with Gasteiger partial charge in [0.25, 0.3) is 5.91 Å². The van der Waals surface area contributed by atoms with Gasteiger partial charge in [0.05, 0.1) is 6.07 Å². The van der Waals surface area contributed by atoms with E-state index < -0.39 is 5.54 Å². The molecule has 5 heteroatoms. The van der Waals surface area contributed by atoms with Crippen molar-refractivity contribution in [3.05, 3.63) is 34.3 Å². The summed E-state index contributed by atoms with van der Waals surface area (Å²) in [6.07, 6.45) is 0.716. The van der Waals surface area contributed by atoms with Crippen LogP contribution in [0.4, 0.5) is 0 Å². The highest BCUT2D eigenvalue weighted by Crippen LogP contribution is 2.27. The van der Waals surface area contributed by atoms with Crippen LogP contribution in [0, 0.1) is 11.3 Å². The van der Waals surface area contributed by atoms with Crippen molar-refractivity contribution in [3.63, 3.8) is 0 Å². The third kappa shape index (κ3) is 2.82. The Bertz CT molecular complexity index is 478. The van der Waals surface area contributed by atoms with Crippen LogP contribution in [-0.4, -0.2) is 23.0 Å². The number of carbonyl (C=O) groups is 1. The van der Waals surface area contributed by atoms with E-state index in [9.17, 15) is 10.1 Å². The second kappa shape index (κ2) is 5.11. The van der Waals surface area contributed by atoms with Gasteiger partial charge < -0.3 is 5.32 Å². The van der Waals surface area contributed by atoms with E-state index in [0.717, 1.165) is 10.2 Å². The summed E-state index contributed by atoms with van der Waals surface area (Å²) in [5.41, 5.74) is -0.116. The van der Waals surface area contributed by atoms with Gasteiger partial charge in [-0.05, 0) is 30.4 Å². The summed E-state index contributed by atoms with van der Waals surface area (Å²) in [6, 6.07) is 9.39. The maximum atomic E-state index is 12.0. The zero-order valence-corrected chi connectivity index (χ0v) is 11.5. The molecule has 1 N–H and O–H groups in total. The molecule has 0 bridgehead atoms. The van der Waals surface area contributed by atoms with Crippen LogP contribution >= 0.6 is 27.7 Å². The number of rotatable bonds is 2. The number of nitrogens with zero attached hydrogens (tertiary/aromatic N) is 1. The second-order valence-electron chi connectivity index (χ2n) is 3.96. The van der Waals surface area contributed by atoms with E-state index in [0.29, 0.717) is 17.7 Å². The molecule has 1 aromatic carbocycles. The molecule has 1 aromatic rings. The molecular formula is C12H11BrN2OS. The summed E-state index contributed by atoms with van der Waals surface area (Å²) in [7, 11) is 0. The third-order valence-corrected chi connectivity index (χ3v) is 4.36. The molecule has 1 saturated heterocycles. The molecule has 1 unspecified atom stereocenters. The van der Waals surface area contributed by atoms with Gasteiger partial charge in [-0.25, -0.2) is 0 Å². The number of carbonyl (C=O) groups excluding carboxylic acids is 1. The van der Waals surface area contributed by atoms with Crippen LogP contribution in [0.5, 0.6) is 0 Å². The van der Waals surface area contributed by atoms with E-state index in [2.05, 4.69) is 27.3 Å². The van der Waals surface area contributed by atoms with Crippen LogP contribution < -0.4 is 5.32 Å². The normalized spacial score (nSPS) is 23.1. The van der Waals surface area contributed by atoms with Crippen LogP contribution in [0.25, 0.3) is 0 Å². The average Bonchev–Trinajstić information content (AvgIpc) is 2.78. The van der Waals surface area contributed by atoms with Gasteiger partial charge in [0, 0.05) is 15.8 Å². The molecule has 1 aliphatic heterocycles. The first-order chi connectivity index (χ1) is 8.15. The highest BCUT2D eigenvalue weighted by atomic mass is 79.9. The molecule has 1 fully saturated rings. The zero-order valence-electron chi connectivity index (χ0n) is 9.07. The second-order valence-corrected chi connectivity index (χ2v) is 5.98. The van der Waals surface area contributed by atoms with Crippen LogP contribution in [-0.2, 0) is 0 Å². The number of halogens is 1. The minimum atomic E-state index is -0.690. The Morgan fingerprint density at radius 2 is 2.41 bits per heavy atom. The maximum absolute atomic E-state index is 12.0. The largest absolute Gasteiger partial charge is 0.333 e. The van der Waals surface area contributed by atoms with Gasteiger partial charge in [-0.2, -0.15) is 17.0 Å². The van der Waals surface area contributed by atoms with E-state index >= 15 is 0 Å². The molecule has 0 spiro atoms. The number of benzene rings is 1. The Morgan fingerprint density at radius 3 is 3.00 bits per heavy atom. The predicted octanol–water partition coefficient (Wildman–Crippen LogP) is 2.58. The predicted molar refractivity (Wildman–Crippen MR) is 71.9 cm³/mol. The Labute approximate surface area is 113 Å². The zero-order chi connectivity index (χ0) is 12.3. The fraction of sp³-hybridized carbons (Fsp3) is 0.333. The van der Waals surface area contributed by atoms with Crippen molar-refractivity contribution in [2.75, 3.05) is 11.5 Å². The smallest absolute Gasteiger partial charge is 0.252 e. The highest BCUT2D eigenvalue weighted by molar-refractivity contribution is 9.10. The number of hydrogen-bond acceptors (Lipinski definition) is 3. The van der Waals surface area contributed by atoms with Crippen molar-refractivity contribution < 1.29 is 4.79 Å². The van der Waals surface area contributed by atoms with Crippen molar-refractivity contribution >= 4 is 33.6 Å². The first kappa shape index (κ1) is 12.5. The molecule has 1 aliphatic rings. The number of hydrogen-bond donors (Lipinski definition) is 1. The minimum absolute atomic E-state index is 0.185. The molecular weight excluding hydrogens is 300 g/mol. The Hall–Kier alpha value is -0.990. The number of thioether (sulfide) groups is 1. The van der Waals surface area contributed by atoms with Gasteiger partial charge in [-0.1, -0.05) is 22.0 Å². The lowest BCUT2D eigenvalue weighted by molar-refractivity contribution is 0.0926. The van der Waals surface area contributed by atoms with E-state index in [1.54, 1.807) is 30.0 Å². The molecule has 1 heterocycles. The first-order valence-corrected chi connectivity index (χ1v) is 7.17. The maximum Gasteiger partial charge on any atom is 0.252 e. The average molecular weight is 311 g/mol. The van der Waals surface area contributed by atoms with Gasteiger partial charge in [0.15, 0.2) is 0 Å². The fourth-order valence-electron chi connectivity index (χ4n) is 1.70. The summed E-state index contributed by atoms with van der Waals surface area (Å²) in [4.78, 5) is 12.0. The standard InChI is InChI=1S/C12H11BrN2OS/c13-10-3-1-2-9(6-10)11(16)15-12(7-14)4-5-17-8-12/h1-3,6H,4-5,8H2,(H,15,16). The van der Waals surface area contributed by atoms with Crippen molar-refractivity contribution in [1.82, 2.24) is 5.32 Å². The van der Waals surface area contributed by atoms with Crippen LogP contribution in [0.3, 0.4) is 0 Å². The summed E-state index contributed by atoms with van der Waals surface area (Å²) < 4.78 is 0.858. The molecule has 17 heavy (non-hydrogen) atoms. The van der Waals surface area contributed by atoms with Gasteiger partial charge in [0.1, 0.15) is 5.54 Å². The Balaban J connectivity index is 2.14. The molecule has 2 rings (SSSR count). The fourth-order valence-corrected chi connectivity index (χ4v) is 3.36. The van der Waals surface area contributed by atoms with E-state index in [1.807, 2.05) is 6.07 Å². The van der Waals surface area contributed by atoms with Crippen molar-refractivity contribution in [1.29, 1.82) is 5.26 Å². The minimum Gasteiger partial charge on any atom is -0.333 e. The van der Waals surface area contributed by atoms with Crippen molar-refractivity contribution in [2.45, 2.75) is 12.0 Å². The van der Waals surface area contributed by atoms with Gasteiger partial charge in [-0.3, -0.25) is 4.79 Å². The Morgan fingerprint density at radius 1 is 1.59 bits per heavy atom. The lowest BCUT2D eigenvalue weighted by Gasteiger charge is -2.21. The van der Waals surface area contributed by atoms with Crippen LogP contribution in [0.15, 0.2) is 28.7 Å². The summed E-state index contributed by atoms with van der Waals surface area (Å²) in [5, 5.41) is 12.0. The lowest BCUT2D eigenvalue weighted by Crippen LogP contribution is -2.47. The first-order valence-electron chi connectivity index (χ1n) is 5.22. The number of amides is 1. The van der Waals surface area contributed by atoms with Crippen molar-refractivity contribution in [3.8, 4) is 6.07 Å². The van der Waals surface area contributed by atoms with Gasteiger partial charge in [-0.15, -0.1) is 0 Å². The third-order valence-electron chi connectivity index (χ3n) is 2.68. The molecule has 3 nitrogen and oxygen atoms in total. The van der Waals surface area contributed by atoms with Crippen LogP contribution in [0.1, 0.15) is 16.8 Å². The SMILES string of the molecule is N#CC1(NC(=O)c2cccc(Br)c2)CCSC1. The monoisotopic (exact) mass is 310 g/mol. The van der Waals surface area contributed by atoms with E-state index in [4.69, 9.17) is 0 Å². The summed E-state index contributed by atoms with van der Waals surface area (Å²) in [5.74, 6) is 1.41. The Kier molecular flexibility index (Phi) is 3.75. The molecule has 0 saturated carbocycles. The summed E-state index contributed by atoms with van der Waals surface area (Å²) in [6.45, 7) is 0. The molecule has 1 amide bonds. The van der Waals surface area contributed by atoms with Gasteiger partial charge >= 0.3 is 0 Å². The molecule has 0 aliphatic carbocycles. The topological polar surface area (TPSA) is 52.9 Å². The van der Waals surface area contributed by atoms with Gasteiger partial charge in [0.2, 0.25) is 0 Å². The summed E-state index contributed by atoms with van der Waals surface area (Å²) >= 11 is 5.02. The van der Waals surface area contributed by atoms with E-state index in [-0.39, 0.29) is 5.91 Å². The molecule has 88 valence electrons. The highest BCUT2D eigenvalue weighted by Gasteiger charge is 2.36. The van der Waals surface area contributed by atoms with E-state index in [1.165, 1.54) is 0 Å². The molecule has 0 aromatic heterocycles. The molecule has 0 radical (unpaired) electrons. The van der Waals surface area contributed by atoms with Crippen LogP contribution in [0.2, 0.25) is 0 Å². The number of nitriles is 1.